The van der Waals surface area contributed by atoms with Crippen molar-refractivity contribution >= 4 is 29.0 Å². The maximum Gasteiger partial charge on any atom is 0.288 e. The molecule has 0 fully saturated rings. The number of thiophene rings is 1. The first-order valence-corrected chi connectivity index (χ1v) is 7.15. The van der Waals surface area contributed by atoms with Crippen LogP contribution in [-0.2, 0) is 0 Å². The van der Waals surface area contributed by atoms with Gasteiger partial charge in [-0.25, -0.2) is 0 Å². The van der Waals surface area contributed by atoms with Crippen molar-refractivity contribution < 1.29 is 18.7 Å². The van der Waals surface area contributed by atoms with Crippen LogP contribution in [0.2, 0.25) is 0 Å². The monoisotopic (exact) mass is 295 g/mol. The number of carbonyl (C=O) groups excluding carboxylic acids is 1. The fourth-order valence-corrected chi connectivity index (χ4v) is 2.83. The third kappa shape index (κ3) is 4.22. The van der Waals surface area contributed by atoms with Gasteiger partial charge in [-0.3, -0.25) is 4.79 Å². The van der Waals surface area contributed by atoms with Gasteiger partial charge in [-0.05, 0) is 24.3 Å². The molecule has 1 heterocycles. The van der Waals surface area contributed by atoms with Crippen LogP contribution < -0.4 is 5.32 Å². The van der Waals surface area contributed by atoms with Gasteiger partial charge in [0.05, 0.1) is 0 Å². The van der Waals surface area contributed by atoms with Crippen molar-refractivity contribution in [3.8, 4) is 0 Å². The number of aliphatic hydroxyl groups is 1. The molecule has 1 amide bonds. The summed E-state index contributed by atoms with van der Waals surface area (Å²) in [5.74, 6) is -3.00. The Morgan fingerprint density at radius 3 is 2.78 bits per heavy atom. The van der Waals surface area contributed by atoms with Gasteiger partial charge < -0.3 is 10.4 Å². The highest BCUT2D eigenvalue weighted by Crippen LogP contribution is 2.31. The molecular weight excluding hydrogens is 280 g/mol. The average molecular weight is 295 g/mol. The molecule has 0 radical (unpaired) electrons. The molecule has 102 valence electrons. The molecule has 2 unspecified atom stereocenters. The zero-order valence-electron chi connectivity index (χ0n) is 10.0. The van der Waals surface area contributed by atoms with Gasteiger partial charge in [0.1, 0.15) is 4.88 Å². The van der Waals surface area contributed by atoms with Crippen molar-refractivity contribution in [1.82, 2.24) is 5.32 Å². The van der Waals surface area contributed by atoms with Crippen LogP contribution in [0.4, 0.5) is 8.78 Å². The Morgan fingerprint density at radius 2 is 2.22 bits per heavy atom. The van der Waals surface area contributed by atoms with Crippen LogP contribution in [-0.4, -0.2) is 29.4 Å². The minimum absolute atomic E-state index is 0.0372. The lowest BCUT2D eigenvalue weighted by Gasteiger charge is -2.19. The molecule has 1 aromatic rings. The maximum atomic E-state index is 12.3. The number of hydrogen-bond donors (Lipinski definition) is 2. The number of amides is 1. The third-order valence-electron chi connectivity index (χ3n) is 2.55. The smallest absolute Gasteiger partial charge is 0.288 e. The molecule has 0 aliphatic heterocycles. The van der Waals surface area contributed by atoms with Crippen molar-refractivity contribution in [1.29, 1.82) is 0 Å². The van der Waals surface area contributed by atoms with E-state index in [1.54, 1.807) is 19.2 Å². The lowest BCUT2D eigenvalue weighted by Crippen LogP contribution is -2.38. The molecule has 0 saturated carbocycles. The lowest BCUT2D eigenvalue weighted by molar-refractivity contribution is 0.0918. The first kappa shape index (κ1) is 15.4. The maximum absolute atomic E-state index is 12.3. The Labute approximate surface area is 113 Å². The third-order valence-corrected chi connectivity index (χ3v) is 4.37. The number of hydrogen-bond acceptors (Lipinski definition) is 4. The largest absolute Gasteiger partial charge is 0.396 e. The molecule has 0 aliphatic rings. The van der Waals surface area contributed by atoms with Crippen LogP contribution in [0.1, 0.15) is 23.5 Å². The van der Waals surface area contributed by atoms with Crippen LogP contribution >= 0.6 is 23.1 Å². The molecule has 0 aliphatic carbocycles. The fraction of sp³-hybridized carbons (Fsp3) is 0.545. The molecule has 3 nitrogen and oxygen atoms in total. The number of thioether (sulfide) groups is 1. The summed E-state index contributed by atoms with van der Waals surface area (Å²) >= 11 is 1.50. The van der Waals surface area contributed by atoms with Gasteiger partial charge in [0.15, 0.2) is 0 Å². The van der Waals surface area contributed by atoms with E-state index in [4.69, 9.17) is 5.11 Å². The Kier molecular flexibility index (Phi) is 6.04. The zero-order chi connectivity index (χ0) is 13.7. The number of halogens is 2. The number of alkyl halides is 2. The molecule has 2 N–H and O–H groups in total. The summed E-state index contributed by atoms with van der Waals surface area (Å²) in [4.78, 5) is 12.5. The van der Waals surface area contributed by atoms with Crippen LogP contribution in [0.25, 0.3) is 0 Å². The van der Waals surface area contributed by atoms with Gasteiger partial charge in [0.25, 0.3) is 11.7 Å². The van der Waals surface area contributed by atoms with Crippen molar-refractivity contribution in [2.24, 2.45) is 5.92 Å². The van der Waals surface area contributed by atoms with Gasteiger partial charge >= 0.3 is 0 Å². The standard InChI is InChI=1S/C11H15F2NO2S2/c1-6(5-15)7(2)14-10(16)9-8(3-4-17-9)18-11(12)13/h3-4,6-7,11,15H,5H2,1-2H3,(H,14,16). The van der Waals surface area contributed by atoms with E-state index in [1.165, 1.54) is 6.07 Å². The van der Waals surface area contributed by atoms with Gasteiger partial charge in [-0.1, -0.05) is 18.7 Å². The van der Waals surface area contributed by atoms with E-state index in [2.05, 4.69) is 5.32 Å². The quantitative estimate of drug-likeness (QED) is 0.793. The van der Waals surface area contributed by atoms with E-state index in [0.29, 0.717) is 11.8 Å². The Morgan fingerprint density at radius 1 is 1.56 bits per heavy atom. The normalized spacial score (nSPS) is 14.6. The Balaban J connectivity index is 2.69. The molecule has 0 spiro atoms. The van der Waals surface area contributed by atoms with Crippen molar-refractivity contribution in [2.75, 3.05) is 6.61 Å². The van der Waals surface area contributed by atoms with Gasteiger partial charge in [0.2, 0.25) is 0 Å². The molecule has 2 atom stereocenters. The minimum atomic E-state index is -2.54. The highest BCUT2D eigenvalue weighted by atomic mass is 32.2. The van der Waals surface area contributed by atoms with Crippen LogP contribution in [0, 0.1) is 5.92 Å². The van der Waals surface area contributed by atoms with Crippen molar-refractivity contribution in [3.05, 3.63) is 16.3 Å². The molecule has 1 aromatic heterocycles. The molecule has 7 heteroatoms. The van der Waals surface area contributed by atoms with Crippen molar-refractivity contribution in [3.63, 3.8) is 0 Å². The summed E-state index contributed by atoms with van der Waals surface area (Å²) in [6.45, 7) is 3.53. The number of nitrogens with one attached hydrogen (secondary N) is 1. The predicted octanol–water partition coefficient (Wildman–Crippen LogP) is 2.81. The predicted molar refractivity (Wildman–Crippen MR) is 69.4 cm³/mol. The highest BCUT2D eigenvalue weighted by molar-refractivity contribution is 7.99. The highest BCUT2D eigenvalue weighted by Gasteiger charge is 2.20. The topological polar surface area (TPSA) is 49.3 Å². The zero-order valence-corrected chi connectivity index (χ0v) is 11.7. The Hall–Kier alpha value is -0.660. The van der Waals surface area contributed by atoms with E-state index >= 15 is 0 Å². The van der Waals surface area contributed by atoms with E-state index in [9.17, 15) is 13.6 Å². The van der Waals surface area contributed by atoms with E-state index < -0.39 is 5.76 Å². The summed E-state index contributed by atoms with van der Waals surface area (Å²) in [5.41, 5.74) is 0. The van der Waals surface area contributed by atoms with Gasteiger partial charge in [-0.15, -0.1) is 11.3 Å². The molecule has 18 heavy (non-hydrogen) atoms. The number of aliphatic hydroxyl groups excluding tert-OH is 1. The van der Waals surface area contributed by atoms with E-state index in [1.807, 2.05) is 0 Å². The second kappa shape index (κ2) is 7.06. The number of rotatable bonds is 6. The molecule has 1 rings (SSSR count). The first-order chi connectivity index (χ1) is 8.45. The van der Waals surface area contributed by atoms with Crippen LogP contribution in [0.15, 0.2) is 16.3 Å². The summed E-state index contributed by atoms with van der Waals surface area (Å²) in [6.07, 6.45) is 0. The SMILES string of the molecule is CC(CO)C(C)NC(=O)c1sccc1SC(F)F. The van der Waals surface area contributed by atoms with E-state index in [-0.39, 0.29) is 34.2 Å². The van der Waals surface area contributed by atoms with E-state index in [0.717, 1.165) is 11.3 Å². The lowest BCUT2D eigenvalue weighted by atomic mass is 10.1. The summed E-state index contributed by atoms with van der Waals surface area (Å²) in [6, 6.07) is 1.30. The summed E-state index contributed by atoms with van der Waals surface area (Å²) in [7, 11) is 0. The summed E-state index contributed by atoms with van der Waals surface area (Å²) in [5, 5.41) is 13.3. The summed E-state index contributed by atoms with van der Waals surface area (Å²) < 4.78 is 24.6. The fourth-order valence-electron chi connectivity index (χ4n) is 1.22. The van der Waals surface area contributed by atoms with Crippen molar-refractivity contribution in [2.45, 2.75) is 30.5 Å². The van der Waals surface area contributed by atoms with Gasteiger partial charge in [0, 0.05) is 17.5 Å². The molecule has 0 aromatic carbocycles. The first-order valence-electron chi connectivity index (χ1n) is 5.39. The molecule has 0 saturated heterocycles. The second-order valence-electron chi connectivity index (χ2n) is 3.91. The average Bonchev–Trinajstić information content (AvgIpc) is 2.74. The molecular formula is C11H15F2NO2S2. The minimum Gasteiger partial charge on any atom is -0.396 e. The second-order valence-corrected chi connectivity index (χ2v) is 5.86. The molecule has 0 bridgehead atoms. The van der Waals surface area contributed by atoms with Crippen LogP contribution in [0.5, 0.6) is 0 Å². The van der Waals surface area contributed by atoms with Gasteiger partial charge in [-0.2, -0.15) is 8.78 Å². The number of carbonyl (C=O) groups is 1. The Bertz CT molecular complexity index is 398. The van der Waals surface area contributed by atoms with Crippen LogP contribution in [0.3, 0.4) is 0 Å².